The average Bonchev–Trinajstić information content (AvgIpc) is 3.53. The van der Waals surface area contributed by atoms with E-state index in [0.29, 0.717) is 17.4 Å². The first-order chi connectivity index (χ1) is 20.2. The van der Waals surface area contributed by atoms with Gasteiger partial charge in [-0.25, -0.2) is 11.2 Å². The Morgan fingerprint density at radius 2 is 1.90 bits per heavy atom. The Balaban J connectivity index is 1.66. The Morgan fingerprint density at radius 3 is 2.52 bits per heavy atom. The molecule has 0 spiro atoms. The normalized spacial score (nSPS) is 21.4. The van der Waals surface area contributed by atoms with E-state index >= 15 is 0 Å². The molecule has 2 aromatic heterocycles. The summed E-state index contributed by atoms with van der Waals surface area (Å²) in [5, 5.41) is 3.15. The molecule has 1 N–H and O–H groups in total. The van der Waals surface area contributed by atoms with Gasteiger partial charge in [0.1, 0.15) is 24.6 Å². The van der Waals surface area contributed by atoms with E-state index in [4.69, 9.17) is 25.1 Å². The van der Waals surface area contributed by atoms with Crippen LogP contribution in [0.2, 0.25) is 0 Å². The highest BCUT2D eigenvalue weighted by Gasteiger charge is 2.49. The molecule has 42 heavy (non-hydrogen) atoms. The average molecular weight is 601 g/mol. The first kappa shape index (κ1) is 31.9. The number of nitrogens with zero attached hydrogens (tertiary/aromatic N) is 5. The van der Waals surface area contributed by atoms with Crippen molar-refractivity contribution in [3.05, 3.63) is 65.7 Å². The Hall–Kier alpha value is -3.04. The van der Waals surface area contributed by atoms with Crippen molar-refractivity contribution in [3.8, 4) is 0 Å². The zero-order chi connectivity index (χ0) is 30.4. The first-order valence-corrected chi connectivity index (χ1v) is 15.1. The number of rotatable bonds is 13. The summed E-state index contributed by atoms with van der Waals surface area (Å²) in [5.74, 6) is -0.362. The van der Waals surface area contributed by atoms with E-state index in [9.17, 15) is 9.18 Å². The van der Waals surface area contributed by atoms with Gasteiger partial charge >= 0.3 is 6.08 Å². The van der Waals surface area contributed by atoms with Crippen molar-refractivity contribution in [3.63, 3.8) is 0 Å². The zero-order valence-electron chi connectivity index (χ0n) is 24.7. The minimum Gasteiger partial charge on any atom is -0.374 e. The number of fused-ring (bicyclic) bond motifs is 1. The van der Waals surface area contributed by atoms with Gasteiger partial charge in [-0.3, -0.25) is 4.79 Å². The fourth-order valence-corrected chi connectivity index (χ4v) is 6.87. The number of carbonyl (C=O) groups is 1. The minimum absolute atomic E-state index is 0.0538. The third-order valence-electron chi connectivity index (χ3n) is 6.91. The number of amides is 1. The molecular weight excluding hydrogens is 562 g/mol. The quantitative estimate of drug-likeness (QED) is 0.113. The summed E-state index contributed by atoms with van der Waals surface area (Å²) in [6.45, 7) is 17.9. The maximum absolute atomic E-state index is 14.7. The van der Waals surface area contributed by atoms with Gasteiger partial charge in [0.2, 0.25) is 6.54 Å². The summed E-state index contributed by atoms with van der Waals surface area (Å²) in [5.41, 5.74) is 0.662. The number of benzene rings is 1. The minimum atomic E-state index is -1.56. The molecule has 13 heteroatoms. The lowest BCUT2D eigenvalue weighted by molar-refractivity contribution is -0.0492. The molecule has 226 valence electrons. The molecule has 1 saturated heterocycles. The van der Waals surface area contributed by atoms with Crippen molar-refractivity contribution in [2.24, 2.45) is 0 Å². The molecule has 1 unspecified atom stereocenters. The van der Waals surface area contributed by atoms with E-state index in [2.05, 4.69) is 52.5 Å². The summed E-state index contributed by atoms with van der Waals surface area (Å²) in [6, 6.07) is 10.6. The molecule has 1 fully saturated rings. The summed E-state index contributed by atoms with van der Waals surface area (Å²) >= 11 is 0. The van der Waals surface area contributed by atoms with E-state index in [-0.39, 0.29) is 42.8 Å². The summed E-state index contributed by atoms with van der Waals surface area (Å²) in [7, 11) is 0.0201. The van der Waals surface area contributed by atoms with Crippen LogP contribution in [0.4, 0.5) is 10.2 Å². The second-order valence-electron chi connectivity index (χ2n) is 10.4. The number of hydrogen-bond donors (Lipinski definition) is 1. The van der Waals surface area contributed by atoms with Gasteiger partial charge in [0, 0.05) is 31.0 Å². The number of anilines is 1. The smallest absolute Gasteiger partial charge is 0.312 e. The van der Waals surface area contributed by atoms with E-state index in [1.807, 2.05) is 6.92 Å². The molecule has 3 heterocycles. The number of aromatic nitrogens is 3. The number of nitrogens with one attached hydrogen (secondary N) is 1. The van der Waals surface area contributed by atoms with Crippen LogP contribution < -0.4 is 5.32 Å². The number of ether oxygens (including phenoxy) is 2. The molecular formula is C29H38FN6O5P. The molecule has 4 rings (SSSR count). The maximum Gasteiger partial charge on any atom is 0.312 e. The van der Waals surface area contributed by atoms with Crippen LogP contribution >= 0.6 is 8.53 Å². The van der Waals surface area contributed by atoms with E-state index < -0.39 is 38.9 Å². The van der Waals surface area contributed by atoms with Gasteiger partial charge in [0.05, 0.1) is 11.5 Å². The highest BCUT2D eigenvalue weighted by molar-refractivity contribution is 7.44. The highest BCUT2D eigenvalue weighted by atomic mass is 31.2. The largest absolute Gasteiger partial charge is 0.374 e. The molecule has 0 bridgehead atoms. The zero-order valence-corrected chi connectivity index (χ0v) is 25.6. The van der Waals surface area contributed by atoms with Crippen LogP contribution in [-0.2, 0) is 18.5 Å². The van der Waals surface area contributed by atoms with Gasteiger partial charge in [0.15, 0.2) is 11.9 Å². The van der Waals surface area contributed by atoms with Gasteiger partial charge in [-0.15, -0.1) is 0 Å². The lowest BCUT2D eigenvalue weighted by Crippen LogP contribution is -2.39. The van der Waals surface area contributed by atoms with Gasteiger partial charge < -0.3 is 33.3 Å². The molecule has 3 aromatic rings. The van der Waals surface area contributed by atoms with Crippen molar-refractivity contribution >= 4 is 31.3 Å². The van der Waals surface area contributed by atoms with Gasteiger partial charge in [-0.1, -0.05) is 25.1 Å². The van der Waals surface area contributed by atoms with Gasteiger partial charge in [-0.2, -0.15) is 14.4 Å². The van der Waals surface area contributed by atoms with Crippen LogP contribution in [0.5, 0.6) is 0 Å². The van der Waals surface area contributed by atoms with Crippen molar-refractivity contribution in [2.75, 3.05) is 25.6 Å². The molecule has 1 aliphatic heterocycles. The first-order valence-electron chi connectivity index (χ1n) is 14.0. The highest BCUT2D eigenvalue weighted by Crippen LogP contribution is 2.51. The Kier molecular flexibility index (Phi) is 11.0. The van der Waals surface area contributed by atoms with Crippen molar-refractivity contribution in [1.82, 2.24) is 19.2 Å². The second-order valence-corrected chi connectivity index (χ2v) is 11.8. The molecule has 1 amide bonds. The predicted molar refractivity (Wildman–Crippen MR) is 158 cm³/mol. The Labute approximate surface area is 247 Å². The monoisotopic (exact) mass is 600 g/mol. The topological polar surface area (TPSA) is 104 Å². The van der Waals surface area contributed by atoms with Gasteiger partial charge in [-0.05, 0) is 52.3 Å². The van der Waals surface area contributed by atoms with Crippen LogP contribution in [0.15, 0.2) is 42.6 Å². The van der Waals surface area contributed by atoms with Crippen LogP contribution in [-0.4, -0.2) is 75.8 Å². The molecule has 0 saturated carbocycles. The fourth-order valence-electron chi connectivity index (χ4n) is 5.11. The SMILES string of the molecule is [C-]#[N+]CCOP(O[C@H]1[C@@H](OC)[C@H](n2ccc3c(NC(=O)c4ccccc4)nc(F)nc32)O[C@@H]1CC)N(C(C)C)C(C)C. The van der Waals surface area contributed by atoms with E-state index in [0.717, 1.165) is 0 Å². The number of carbonyl (C=O) groups excluding carboxylic acids is 1. The van der Waals surface area contributed by atoms with Crippen molar-refractivity contribution < 1.29 is 27.7 Å². The molecule has 11 nitrogen and oxygen atoms in total. The molecule has 1 aromatic carbocycles. The number of hydrogen-bond acceptors (Lipinski definition) is 8. The predicted octanol–water partition coefficient (Wildman–Crippen LogP) is 5.81. The standard InChI is InChI=1S/C29H38FN6O5P/c1-8-22-23(41-42(39-17-15-31-6)36(18(2)3)19(4)5)24(38-7)28(40-22)35-16-14-21-25(33-29(30)34-26(21)35)32-27(37)20-12-10-9-11-13-20/h9-14,16,18-19,22-24,28H,8,15,17H2,1-5,7H3,(H,32,33,34,37)/t22-,23-,24-,28-,42?/m1/s1. The Morgan fingerprint density at radius 1 is 1.19 bits per heavy atom. The molecule has 0 aliphatic carbocycles. The van der Waals surface area contributed by atoms with Crippen LogP contribution in [0.3, 0.4) is 0 Å². The van der Waals surface area contributed by atoms with Gasteiger partial charge in [0.25, 0.3) is 14.4 Å². The van der Waals surface area contributed by atoms with Crippen LogP contribution in [0.25, 0.3) is 15.9 Å². The van der Waals surface area contributed by atoms with E-state index in [1.54, 1.807) is 54.3 Å². The fraction of sp³-hybridized carbons (Fsp3) is 0.517. The van der Waals surface area contributed by atoms with Crippen molar-refractivity contribution in [1.29, 1.82) is 0 Å². The third kappa shape index (κ3) is 6.94. The molecule has 5 atom stereocenters. The molecule has 1 aliphatic rings. The number of methoxy groups -OCH3 is 1. The van der Waals surface area contributed by atoms with E-state index in [1.165, 1.54) is 0 Å². The summed E-state index contributed by atoms with van der Waals surface area (Å²) < 4.78 is 43.8. The summed E-state index contributed by atoms with van der Waals surface area (Å²) in [6.07, 6.45) is -0.841. The second kappa shape index (κ2) is 14.4. The lowest BCUT2D eigenvalue weighted by Gasteiger charge is -2.38. The number of halogens is 1. The summed E-state index contributed by atoms with van der Waals surface area (Å²) in [4.78, 5) is 24.1. The maximum atomic E-state index is 14.7. The lowest BCUT2D eigenvalue weighted by atomic mass is 10.1. The third-order valence-corrected chi connectivity index (χ3v) is 9.04. The molecule has 0 radical (unpaired) electrons. The Bertz CT molecular complexity index is 1380. The van der Waals surface area contributed by atoms with Crippen LogP contribution in [0, 0.1) is 12.7 Å². The van der Waals surface area contributed by atoms with Crippen molar-refractivity contribution in [2.45, 2.75) is 77.7 Å². The van der Waals surface area contributed by atoms with Crippen LogP contribution in [0.1, 0.15) is 57.6 Å².